The number of amides is 1. The molecule has 8 heteroatoms. The van der Waals surface area contributed by atoms with Crippen molar-refractivity contribution in [2.24, 2.45) is 0 Å². The van der Waals surface area contributed by atoms with Crippen molar-refractivity contribution in [1.82, 2.24) is 9.79 Å². The van der Waals surface area contributed by atoms with Crippen LogP contribution in [0.3, 0.4) is 0 Å². The van der Waals surface area contributed by atoms with Crippen LogP contribution in [0.5, 0.6) is 5.75 Å². The number of hydrogen-bond acceptors (Lipinski definition) is 5. The van der Waals surface area contributed by atoms with Crippen molar-refractivity contribution in [3.8, 4) is 5.75 Å². The van der Waals surface area contributed by atoms with Crippen molar-refractivity contribution in [3.63, 3.8) is 0 Å². The number of benzene rings is 3. The Balaban J connectivity index is 1.84. The van der Waals surface area contributed by atoms with Crippen LogP contribution < -0.4 is 10.2 Å². The van der Waals surface area contributed by atoms with E-state index in [1.54, 1.807) is 12.1 Å². The summed E-state index contributed by atoms with van der Waals surface area (Å²) in [6.45, 7) is 3.83. The molecule has 0 saturated heterocycles. The van der Waals surface area contributed by atoms with Gasteiger partial charge in [0.2, 0.25) is 10.0 Å². The molecule has 0 radical (unpaired) electrons. The third kappa shape index (κ3) is 4.00. The minimum absolute atomic E-state index is 0.0896. The lowest BCUT2D eigenvalue weighted by atomic mass is 9.89. The molecule has 1 atom stereocenters. The van der Waals surface area contributed by atoms with Gasteiger partial charge in [0.05, 0.1) is 18.6 Å². The Morgan fingerprint density at radius 2 is 1.91 bits per heavy atom. The Labute approximate surface area is 187 Å². The van der Waals surface area contributed by atoms with Crippen LogP contribution >= 0.6 is 0 Å². The second kappa shape index (κ2) is 9.12. The summed E-state index contributed by atoms with van der Waals surface area (Å²) in [6.07, 6.45) is 1.99. The molecule has 0 unspecified atom stereocenters. The molecule has 1 N–H and O–H groups in total. The molecule has 0 saturated carbocycles. The number of carbonyl (C=O) groups excluding carboxylic acids is 1. The number of rotatable bonds is 7. The fourth-order valence-electron chi connectivity index (χ4n) is 4.02. The van der Waals surface area contributed by atoms with Gasteiger partial charge in [0.25, 0.3) is 5.91 Å². The van der Waals surface area contributed by atoms with E-state index >= 15 is 0 Å². The summed E-state index contributed by atoms with van der Waals surface area (Å²) in [5, 5.41) is 1.77. The molecule has 7 nitrogen and oxygen atoms in total. The molecular weight excluding hydrogens is 428 g/mol. The second-order valence-corrected chi connectivity index (χ2v) is 9.26. The molecule has 3 aromatic rings. The Morgan fingerprint density at radius 3 is 2.62 bits per heavy atom. The van der Waals surface area contributed by atoms with E-state index in [0.29, 0.717) is 17.7 Å². The number of sulfonamides is 1. The average molecular weight is 453 g/mol. The van der Waals surface area contributed by atoms with Gasteiger partial charge >= 0.3 is 0 Å². The van der Waals surface area contributed by atoms with Crippen LogP contribution in [0.4, 0.5) is 0 Å². The Bertz CT molecular complexity index is 1260. The standard InChI is InChI=1S/C24H24N2O5S/c1-3-16-31-25-24(27)23-22-18(9-8-17-6-4-5-7-21(17)22)14-15-26(23)32(28,29)20-12-10-19(30-2)11-13-20/h3-13,23H,1,14-16H2,2H3,(H,25,27)/t23-/m1/s1. The highest BCUT2D eigenvalue weighted by Crippen LogP contribution is 2.39. The lowest BCUT2D eigenvalue weighted by molar-refractivity contribution is -0.137. The maximum Gasteiger partial charge on any atom is 0.266 e. The number of hydrogen-bond donors (Lipinski definition) is 1. The first kappa shape index (κ1) is 22.0. The number of hydroxylamine groups is 1. The number of fused-ring (bicyclic) bond motifs is 3. The second-order valence-electron chi connectivity index (χ2n) is 7.37. The molecule has 166 valence electrons. The molecule has 0 spiro atoms. The van der Waals surface area contributed by atoms with E-state index in [0.717, 1.165) is 16.3 Å². The van der Waals surface area contributed by atoms with Gasteiger partial charge in [0.1, 0.15) is 11.8 Å². The predicted octanol–water partition coefficient (Wildman–Crippen LogP) is 3.37. The van der Waals surface area contributed by atoms with E-state index < -0.39 is 22.0 Å². The van der Waals surface area contributed by atoms with Crippen molar-refractivity contribution in [2.75, 3.05) is 20.3 Å². The van der Waals surface area contributed by atoms with Crippen molar-refractivity contribution >= 4 is 26.7 Å². The first-order valence-corrected chi connectivity index (χ1v) is 11.6. The van der Waals surface area contributed by atoms with Gasteiger partial charge in [-0.3, -0.25) is 9.63 Å². The quantitative estimate of drug-likeness (QED) is 0.338. The Morgan fingerprint density at radius 1 is 1.16 bits per heavy atom. The fraction of sp³-hybridized carbons (Fsp3) is 0.208. The Hall–Kier alpha value is -3.20. The number of nitrogens with zero attached hydrogens (tertiary/aromatic N) is 1. The average Bonchev–Trinajstić information content (AvgIpc) is 2.83. The summed E-state index contributed by atoms with van der Waals surface area (Å²) in [4.78, 5) is 18.5. The molecule has 0 aromatic heterocycles. The Kier molecular flexibility index (Phi) is 6.27. The van der Waals surface area contributed by atoms with Crippen molar-refractivity contribution in [2.45, 2.75) is 17.4 Å². The van der Waals surface area contributed by atoms with Gasteiger partial charge in [-0.05, 0) is 52.6 Å². The van der Waals surface area contributed by atoms with E-state index in [2.05, 4.69) is 12.1 Å². The molecule has 3 aromatic carbocycles. The summed E-state index contributed by atoms with van der Waals surface area (Å²) >= 11 is 0. The maximum atomic E-state index is 13.6. The molecule has 4 rings (SSSR count). The van der Waals surface area contributed by atoms with Crippen LogP contribution in [-0.2, 0) is 26.1 Å². The number of carbonyl (C=O) groups is 1. The fourth-order valence-corrected chi connectivity index (χ4v) is 5.58. The van der Waals surface area contributed by atoms with Gasteiger partial charge in [-0.2, -0.15) is 4.31 Å². The first-order chi connectivity index (χ1) is 15.5. The number of nitrogens with one attached hydrogen (secondary N) is 1. The lowest BCUT2D eigenvalue weighted by Crippen LogP contribution is -2.47. The molecule has 1 heterocycles. The summed E-state index contributed by atoms with van der Waals surface area (Å²) < 4.78 is 33.6. The van der Waals surface area contributed by atoms with Crippen molar-refractivity contribution < 1.29 is 22.8 Å². The minimum Gasteiger partial charge on any atom is -0.497 e. The van der Waals surface area contributed by atoms with Crippen LogP contribution in [0.2, 0.25) is 0 Å². The van der Waals surface area contributed by atoms with Crippen LogP contribution in [-0.4, -0.2) is 38.9 Å². The minimum atomic E-state index is -3.98. The lowest BCUT2D eigenvalue weighted by Gasteiger charge is -2.36. The summed E-state index contributed by atoms with van der Waals surface area (Å²) in [5.41, 5.74) is 4.01. The van der Waals surface area contributed by atoms with E-state index in [9.17, 15) is 13.2 Å². The SMILES string of the molecule is C=CCONC(=O)[C@H]1c2c(ccc3ccccc23)CCN1S(=O)(=O)c1ccc(OC)cc1. The van der Waals surface area contributed by atoms with Gasteiger partial charge in [0, 0.05) is 6.54 Å². The first-order valence-electron chi connectivity index (χ1n) is 10.2. The van der Waals surface area contributed by atoms with Crippen molar-refractivity contribution in [1.29, 1.82) is 0 Å². The van der Waals surface area contributed by atoms with E-state index in [4.69, 9.17) is 9.57 Å². The van der Waals surface area contributed by atoms with Crippen LogP contribution in [0.1, 0.15) is 17.2 Å². The number of ether oxygens (including phenoxy) is 1. The summed E-state index contributed by atoms with van der Waals surface area (Å²) in [5.74, 6) is -0.00714. The van der Waals surface area contributed by atoms with Gasteiger partial charge in [-0.25, -0.2) is 13.9 Å². The molecule has 0 aliphatic carbocycles. The smallest absolute Gasteiger partial charge is 0.266 e. The van der Waals surface area contributed by atoms with Gasteiger partial charge < -0.3 is 4.74 Å². The highest BCUT2D eigenvalue weighted by Gasteiger charge is 2.41. The summed E-state index contributed by atoms with van der Waals surface area (Å²) in [7, 11) is -2.47. The van der Waals surface area contributed by atoms with Gasteiger partial charge in [-0.1, -0.05) is 42.5 Å². The molecule has 1 aliphatic rings. The molecule has 1 amide bonds. The molecular formula is C24H24N2O5S. The highest BCUT2D eigenvalue weighted by molar-refractivity contribution is 7.89. The largest absolute Gasteiger partial charge is 0.497 e. The topological polar surface area (TPSA) is 84.9 Å². The number of methoxy groups -OCH3 is 1. The monoisotopic (exact) mass is 452 g/mol. The van der Waals surface area contributed by atoms with E-state index in [1.165, 1.54) is 29.6 Å². The third-order valence-electron chi connectivity index (χ3n) is 5.51. The predicted molar refractivity (Wildman–Crippen MR) is 122 cm³/mol. The van der Waals surface area contributed by atoms with Crippen LogP contribution in [0.15, 0.2) is 78.2 Å². The summed E-state index contributed by atoms with van der Waals surface area (Å²) in [6, 6.07) is 16.6. The maximum absolute atomic E-state index is 13.6. The van der Waals surface area contributed by atoms with E-state index in [1.807, 2.05) is 36.4 Å². The molecule has 32 heavy (non-hydrogen) atoms. The van der Waals surface area contributed by atoms with E-state index in [-0.39, 0.29) is 18.0 Å². The van der Waals surface area contributed by atoms with Crippen LogP contribution in [0, 0.1) is 0 Å². The third-order valence-corrected chi connectivity index (χ3v) is 7.39. The van der Waals surface area contributed by atoms with Crippen LogP contribution in [0.25, 0.3) is 10.8 Å². The zero-order chi connectivity index (χ0) is 22.7. The molecule has 0 fully saturated rings. The molecule has 1 aliphatic heterocycles. The normalized spacial score (nSPS) is 16.3. The molecule has 0 bridgehead atoms. The van der Waals surface area contributed by atoms with Crippen molar-refractivity contribution in [3.05, 3.63) is 84.4 Å². The van der Waals surface area contributed by atoms with Gasteiger partial charge in [-0.15, -0.1) is 6.58 Å². The zero-order valence-electron chi connectivity index (χ0n) is 17.7. The van der Waals surface area contributed by atoms with Gasteiger partial charge in [0.15, 0.2) is 0 Å². The zero-order valence-corrected chi connectivity index (χ0v) is 18.5. The highest BCUT2D eigenvalue weighted by atomic mass is 32.2.